The van der Waals surface area contributed by atoms with Gasteiger partial charge in [0.15, 0.2) is 0 Å². The van der Waals surface area contributed by atoms with Crippen LogP contribution in [0, 0.1) is 0 Å². The molecule has 0 heterocycles. The van der Waals surface area contributed by atoms with Crippen molar-refractivity contribution in [1.82, 2.24) is 0 Å². The second-order valence-corrected chi connectivity index (χ2v) is 10.4. The van der Waals surface area contributed by atoms with Crippen molar-refractivity contribution in [2.24, 2.45) is 0 Å². The molecule has 0 spiro atoms. The molecule has 0 atom stereocenters. The third-order valence-electron chi connectivity index (χ3n) is 5.99. The Morgan fingerprint density at radius 3 is 0.900 bits per heavy atom. The second-order valence-electron chi connectivity index (χ2n) is 7.32. The summed E-state index contributed by atoms with van der Waals surface area (Å²) in [6.45, 7) is 0. The van der Waals surface area contributed by atoms with Crippen molar-refractivity contribution in [2.45, 2.75) is 113 Å². The fourth-order valence-corrected chi connectivity index (χ4v) is 9.71. The Labute approximate surface area is 141 Å². The van der Waals surface area contributed by atoms with Gasteiger partial charge in [-0.05, 0) is 55.5 Å². The van der Waals surface area contributed by atoms with Crippen LogP contribution >= 0.6 is 7.92 Å². The predicted octanol–water partition coefficient (Wildman–Crippen LogP) is 6.46. The summed E-state index contributed by atoms with van der Waals surface area (Å²) in [4.78, 5) is 0. The smallest absolute Gasteiger partial charge is 0 e. The van der Waals surface area contributed by atoms with Gasteiger partial charge >= 0.3 is 0 Å². The molecule has 0 aromatic heterocycles. The normalized spacial score (nSPS) is 27.4. The summed E-state index contributed by atoms with van der Waals surface area (Å²) in [6.07, 6.45) is 23.6. The molecule has 0 aromatic rings. The first-order valence-corrected chi connectivity index (χ1v) is 10.8. The van der Waals surface area contributed by atoms with Gasteiger partial charge in [0.25, 0.3) is 0 Å². The molecule has 0 bridgehead atoms. The molecule has 1 radical (unpaired) electrons. The van der Waals surface area contributed by atoms with Crippen LogP contribution in [0.1, 0.15) is 96.3 Å². The SMILES string of the molecule is C1CCC(P(C2CCCCC2)C2CCCCC2)CC1.[Ir]. The fourth-order valence-electron chi connectivity index (χ4n) is 5.03. The van der Waals surface area contributed by atoms with E-state index in [1.807, 2.05) is 0 Å². The van der Waals surface area contributed by atoms with E-state index in [2.05, 4.69) is 0 Å². The van der Waals surface area contributed by atoms with E-state index < -0.39 is 0 Å². The van der Waals surface area contributed by atoms with Gasteiger partial charge in [0.1, 0.15) is 0 Å². The van der Waals surface area contributed by atoms with Gasteiger partial charge in [0, 0.05) is 20.1 Å². The minimum Gasteiger partial charge on any atom is -0.0971 e. The molecule has 3 saturated carbocycles. The molecule has 20 heavy (non-hydrogen) atoms. The van der Waals surface area contributed by atoms with Crippen molar-refractivity contribution in [3.63, 3.8) is 0 Å². The van der Waals surface area contributed by atoms with Crippen LogP contribution in [0.5, 0.6) is 0 Å². The van der Waals surface area contributed by atoms with E-state index in [0.29, 0.717) is 7.92 Å². The Balaban J connectivity index is 0.00000147. The Hall–Kier alpha value is 1.08. The maximum Gasteiger partial charge on any atom is 0 e. The number of rotatable bonds is 3. The molecular formula is C18H33IrP. The summed E-state index contributed by atoms with van der Waals surface area (Å²) in [5.41, 5.74) is 3.57. The molecule has 0 aliphatic heterocycles. The molecule has 2 heteroatoms. The second kappa shape index (κ2) is 9.27. The Morgan fingerprint density at radius 2 is 0.650 bits per heavy atom. The zero-order valence-electron chi connectivity index (χ0n) is 13.1. The first-order chi connectivity index (χ1) is 9.45. The van der Waals surface area contributed by atoms with E-state index in [1.54, 1.807) is 77.0 Å². The van der Waals surface area contributed by atoms with Crippen molar-refractivity contribution in [3.8, 4) is 0 Å². The Morgan fingerprint density at radius 1 is 0.400 bits per heavy atom. The molecule has 3 fully saturated rings. The maximum absolute atomic E-state index is 1.61. The van der Waals surface area contributed by atoms with Crippen LogP contribution in [-0.2, 0) is 20.1 Å². The zero-order valence-corrected chi connectivity index (χ0v) is 16.4. The molecular weight excluding hydrogens is 439 g/mol. The molecule has 0 nitrogen and oxygen atoms in total. The van der Waals surface area contributed by atoms with E-state index in [4.69, 9.17) is 0 Å². The largest absolute Gasteiger partial charge is 0.0971 e. The summed E-state index contributed by atoms with van der Waals surface area (Å²) < 4.78 is 0. The molecule has 0 unspecified atom stereocenters. The summed E-state index contributed by atoms with van der Waals surface area (Å²) >= 11 is 0. The van der Waals surface area contributed by atoms with Crippen LogP contribution < -0.4 is 0 Å². The molecule has 0 aromatic carbocycles. The van der Waals surface area contributed by atoms with Crippen molar-refractivity contribution in [2.75, 3.05) is 0 Å². The fraction of sp³-hybridized carbons (Fsp3) is 1.00. The first-order valence-electron chi connectivity index (χ1n) is 9.22. The molecule has 0 N–H and O–H groups in total. The number of hydrogen-bond acceptors (Lipinski definition) is 0. The van der Waals surface area contributed by atoms with E-state index in [0.717, 1.165) is 0 Å². The van der Waals surface area contributed by atoms with E-state index in [1.165, 1.54) is 36.2 Å². The van der Waals surface area contributed by atoms with Gasteiger partial charge in [-0.15, -0.1) is 0 Å². The third kappa shape index (κ3) is 4.54. The Bertz CT molecular complexity index is 207. The Kier molecular flexibility index (Phi) is 8.08. The van der Waals surface area contributed by atoms with E-state index in [9.17, 15) is 0 Å². The van der Waals surface area contributed by atoms with Gasteiger partial charge in [-0.3, -0.25) is 0 Å². The predicted molar refractivity (Wildman–Crippen MR) is 87.5 cm³/mol. The zero-order chi connectivity index (χ0) is 12.9. The topological polar surface area (TPSA) is 0 Å². The van der Waals surface area contributed by atoms with Crippen LogP contribution in [0.4, 0.5) is 0 Å². The molecule has 119 valence electrons. The quantitative estimate of drug-likeness (QED) is 0.413. The molecule has 3 aliphatic carbocycles. The average Bonchev–Trinajstić information content (AvgIpc) is 2.51. The van der Waals surface area contributed by atoms with Crippen molar-refractivity contribution >= 4 is 7.92 Å². The maximum atomic E-state index is 1.61. The summed E-state index contributed by atoms with van der Waals surface area (Å²) in [5, 5.41) is 0. The van der Waals surface area contributed by atoms with Gasteiger partial charge in [0.05, 0.1) is 0 Å². The van der Waals surface area contributed by atoms with Gasteiger partial charge in [-0.1, -0.05) is 65.7 Å². The van der Waals surface area contributed by atoms with Crippen LogP contribution in [0.25, 0.3) is 0 Å². The minimum atomic E-state index is 0. The van der Waals surface area contributed by atoms with Crippen LogP contribution in [0.15, 0.2) is 0 Å². The monoisotopic (exact) mass is 473 g/mol. The molecule has 3 aliphatic rings. The molecule has 0 amide bonds. The van der Waals surface area contributed by atoms with Gasteiger partial charge in [0.2, 0.25) is 0 Å². The van der Waals surface area contributed by atoms with Crippen molar-refractivity contribution < 1.29 is 20.1 Å². The van der Waals surface area contributed by atoms with Gasteiger partial charge < -0.3 is 0 Å². The van der Waals surface area contributed by atoms with Crippen LogP contribution in [0.2, 0.25) is 0 Å². The number of hydrogen-bond donors (Lipinski definition) is 0. The summed E-state index contributed by atoms with van der Waals surface area (Å²) in [7, 11) is 0.385. The summed E-state index contributed by atoms with van der Waals surface area (Å²) in [5.74, 6) is 0. The van der Waals surface area contributed by atoms with Crippen LogP contribution in [-0.4, -0.2) is 17.0 Å². The third-order valence-corrected chi connectivity index (χ3v) is 10.1. The van der Waals surface area contributed by atoms with Crippen molar-refractivity contribution in [1.29, 1.82) is 0 Å². The molecule has 0 saturated heterocycles. The van der Waals surface area contributed by atoms with Gasteiger partial charge in [-0.2, -0.15) is 0 Å². The standard InChI is InChI=1S/C18H33P.Ir/c1-4-10-16(11-5-1)19(17-12-6-2-7-13-17)18-14-8-3-9-15-18;/h16-18H,1-15H2;. The summed E-state index contributed by atoms with van der Waals surface area (Å²) in [6, 6.07) is 0. The van der Waals surface area contributed by atoms with Crippen molar-refractivity contribution in [3.05, 3.63) is 0 Å². The van der Waals surface area contributed by atoms with E-state index >= 15 is 0 Å². The van der Waals surface area contributed by atoms with Gasteiger partial charge in [-0.25, -0.2) is 0 Å². The minimum absolute atomic E-state index is 0. The average molecular weight is 473 g/mol. The molecule has 3 rings (SSSR count). The van der Waals surface area contributed by atoms with Crippen LogP contribution in [0.3, 0.4) is 0 Å². The van der Waals surface area contributed by atoms with E-state index in [-0.39, 0.29) is 20.1 Å². The first kappa shape index (κ1) is 17.4.